The maximum atomic E-state index is 12.8. The summed E-state index contributed by atoms with van der Waals surface area (Å²) < 4.78 is 2.02. The quantitative estimate of drug-likeness (QED) is 0.843. The van der Waals surface area contributed by atoms with E-state index >= 15 is 0 Å². The van der Waals surface area contributed by atoms with E-state index in [-0.39, 0.29) is 11.8 Å². The molecule has 3 heterocycles. The highest BCUT2D eigenvalue weighted by molar-refractivity contribution is 7.12. The molecule has 2 aromatic heterocycles. The Labute approximate surface area is 139 Å². The molecule has 6 nitrogen and oxygen atoms in total. The lowest BCUT2D eigenvalue weighted by atomic mass is 10.2. The van der Waals surface area contributed by atoms with Crippen LogP contribution in [0, 0.1) is 13.8 Å². The van der Waals surface area contributed by atoms with Crippen molar-refractivity contribution in [2.24, 2.45) is 0 Å². The Morgan fingerprint density at radius 2 is 1.78 bits per heavy atom. The van der Waals surface area contributed by atoms with E-state index in [1.165, 1.54) is 0 Å². The fourth-order valence-electron chi connectivity index (χ4n) is 2.99. The van der Waals surface area contributed by atoms with Crippen LogP contribution in [0.25, 0.3) is 5.13 Å². The predicted molar refractivity (Wildman–Crippen MR) is 89.1 cm³/mol. The van der Waals surface area contributed by atoms with Gasteiger partial charge in [0.1, 0.15) is 0 Å². The minimum atomic E-state index is 0.0316. The minimum absolute atomic E-state index is 0.0316. The monoisotopic (exact) mass is 332 g/mol. The zero-order valence-corrected chi connectivity index (χ0v) is 14.4. The van der Waals surface area contributed by atoms with Gasteiger partial charge in [0.15, 0.2) is 5.13 Å². The van der Waals surface area contributed by atoms with Gasteiger partial charge in [0.05, 0.1) is 5.56 Å². The van der Waals surface area contributed by atoms with E-state index in [0.29, 0.717) is 31.7 Å². The molecule has 0 unspecified atom stereocenters. The van der Waals surface area contributed by atoms with Crippen molar-refractivity contribution in [1.82, 2.24) is 19.4 Å². The molecular formula is C16H20N4O2S. The predicted octanol–water partition coefficient (Wildman–Crippen LogP) is 1.85. The number of carbonyl (C=O) groups is 2. The van der Waals surface area contributed by atoms with Crippen LogP contribution >= 0.6 is 11.3 Å². The van der Waals surface area contributed by atoms with Crippen molar-refractivity contribution in [3.8, 4) is 5.13 Å². The molecule has 1 saturated heterocycles. The molecule has 1 aliphatic rings. The molecule has 7 heteroatoms. The summed E-state index contributed by atoms with van der Waals surface area (Å²) in [6, 6.07) is 1.93. The smallest absolute Gasteiger partial charge is 0.255 e. The standard InChI is InChI=1S/C16H20N4O2S/c1-11-10-14(12(2)20(11)16-17-4-9-23-16)15(22)19-7-5-18(6-8-19)13(3)21/h4,9-10H,5-8H2,1-3H3. The van der Waals surface area contributed by atoms with Gasteiger partial charge in [-0.15, -0.1) is 11.3 Å². The van der Waals surface area contributed by atoms with E-state index in [0.717, 1.165) is 16.5 Å². The van der Waals surface area contributed by atoms with Gasteiger partial charge in [0.2, 0.25) is 5.91 Å². The average molecular weight is 332 g/mol. The summed E-state index contributed by atoms with van der Waals surface area (Å²) in [6.45, 7) is 7.88. The Balaban J connectivity index is 1.82. The number of carbonyl (C=O) groups excluding carboxylic acids is 2. The van der Waals surface area contributed by atoms with Gasteiger partial charge in [0, 0.05) is 56.1 Å². The first-order valence-electron chi connectivity index (χ1n) is 7.62. The number of nitrogens with zero attached hydrogens (tertiary/aromatic N) is 4. The third kappa shape index (κ3) is 2.88. The van der Waals surface area contributed by atoms with Gasteiger partial charge in [-0.05, 0) is 19.9 Å². The Bertz CT molecular complexity index is 728. The number of aryl methyl sites for hydroxylation is 1. The number of thiazole rings is 1. The first-order chi connectivity index (χ1) is 11.0. The van der Waals surface area contributed by atoms with Crippen LogP contribution in [0.4, 0.5) is 0 Å². The zero-order chi connectivity index (χ0) is 16.6. The van der Waals surface area contributed by atoms with Crippen LogP contribution in [0.15, 0.2) is 17.6 Å². The normalized spacial score (nSPS) is 15.1. The molecule has 23 heavy (non-hydrogen) atoms. The van der Waals surface area contributed by atoms with Crippen LogP contribution in [-0.2, 0) is 4.79 Å². The van der Waals surface area contributed by atoms with Crippen molar-refractivity contribution in [3.63, 3.8) is 0 Å². The summed E-state index contributed by atoms with van der Waals surface area (Å²) in [5, 5.41) is 2.80. The molecule has 0 aromatic carbocycles. The van der Waals surface area contributed by atoms with Crippen molar-refractivity contribution in [1.29, 1.82) is 0 Å². The van der Waals surface area contributed by atoms with Gasteiger partial charge in [-0.25, -0.2) is 4.98 Å². The maximum Gasteiger partial charge on any atom is 0.255 e. The maximum absolute atomic E-state index is 12.8. The second-order valence-electron chi connectivity index (χ2n) is 5.73. The van der Waals surface area contributed by atoms with Gasteiger partial charge >= 0.3 is 0 Å². The van der Waals surface area contributed by atoms with E-state index in [9.17, 15) is 9.59 Å². The third-order valence-electron chi connectivity index (χ3n) is 4.28. The summed E-state index contributed by atoms with van der Waals surface area (Å²) in [4.78, 5) is 32.2. The lowest BCUT2D eigenvalue weighted by Crippen LogP contribution is -2.50. The summed E-state index contributed by atoms with van der Waals surface area (Å²) >= 11 is 1.55. The topological polar surface area (TPSA) is 58.4 Å². The number of rotatable bonds is 2. The minimum Gasteiger partial charge on any atom is -0.339 e. The number of hydrogen-bond acceptors (Lipinski definition) is 4. The zero-order valence-electron chi connectivity index (χ0n) is 13.6. The summed E-state index contributed by atoms with van der Waals surface area (Å²) in [5.74, 6) is 0.100. The highest BCUT2D eigenvalue weighted by Gasteiger charge is 2.26. The van der Waals surface area contributed by atoms with Crippen molar-refractivity contribution < 1.29 is 9.59 Å². The number of hydrogen-bond donors (Lipinski definition) is 0. The molecule has 0 spiro atoms. The highest BCUT2D eigenvalue weighted by atomic mass is 32.1. The number of piperazine rings is 1. The number of aromatic nitrogens is 2. The average Bonchev–Trinajstić information content (AvgIpc) is 3.14. The second-order valence-corrected chi connectivity index (χ2v) is 6.61. The van der Waals surface area contributed by atoms with E-state index in [4.69, 9.17) is 0 Å². The number of amides is 2. The summed E-state index contributed by atoms with van der Waals surface area (Å²) in [7, 11) is 0. The Hall–Kier alpha value is -2.15. The van der Waals surface area contributed by atoms with Crippen LogP contribution in [0.5, 0.6) is 0 Å². The lowest BCUT2D eigenvalue weighted by Gasteiger charge is -2.34. The lowest BCUT2D eigenvalue weighted by molar-refractivity contribution is -0.130. The van der Waals surface area contributed by atoms with E-state index in [1.54, 1.807) is 29.4 Å². The van der Waals surface area contributed by atoms with E-state index < -0.39 is 0 Å². The Kier molecular flexibility index (Phi) is 4.21. The van der Waals surface area contributed by atoms with Crippen LogP contribution in [0.3, 0.4) is 0 Å². The van der Waals surface area contributed by atoms with Gasteiger partial charge < -0.3 is 9.80 Å². The van der Waals surface area contributed by atoms with Gasteiger partial charge in [-0.2, -0.15) is 0 Å². The second kappa shape index (κ2) is 6.16. The van der Waals surface area contributed by atoms with Crippen molar-refractivity contribution in [3.05, 3.63) is 34.6 Å². The molecule has 2 amide bonds. The molecule has 1 aliphatic heterocycles. The fourth-order valence-corrected chi connectivity index (χ4v) is 3.75. The van der Waals surface area contributed by atoms with Crippen LogP contribution in [-0.4, -0.2) is 57.3 Å². The molecule has 0 atom stereocenters. The molecule has 0 saturated carbocycles. The first-order valence-corrected chi connectivity index (χ1v) is 8.50. The SMILES string of the molecule is CC(=O)N1CCN(C(=O)c2cc(C)n(-c3nccs3)c2C)CC1. The van der Waals surface area contributed by atoms with Crippen molar-refractivity contribution in [2.75, 3.05) is 26.2 Å². The Morgan fingerprint density at radius 3 is 2.35 bits per heavy atom. The molecule has 0 N–H and O–H groups in total. The molecule has 3 rings (SSSR count). The molecule has 1 fully saturated rings. The van der Waals surface area contributed by atoms with E-state index in [1.807, 2.05) is 34.8 Å². The van der Waals surface area contributed by atoms with Crippen LogP contribution in [0.2, 0.25) is 0 Å². The molecular weight excluding hydrogens is 312 g/mol. The van der Waals surface area contributed by atoms with E-state index in [2.05, 4.69) is 4.98 Å². The summed E-state index contributed by atoms with van der Waals surface area (Å²) in [5.41, 5.74) is 2.63. The van der Waals surface area contributed by atoms with Crippen molar-refractivity contribution in [2.45, 2.75) is 20.8 Å². The highest BCUT2D eigenvalue weighted by Crippen LogP contribution is 2.23. The molecule has 2 aromatic rings. The third-order valence-corrected chi connectivity index (χ3v) is 5.04. The molecule has 0 radical (unpaired) electrons. The Morgan fingerprint density at radius 1 is 1.13 bits per heavy atom. The molecule has 0 bridgehead atoms. The molecule has 0 aliphatic carbocycles. The largest absolute Gasteiger partial charge is 0.339 e. The van der Waals surface area contributed by atoms with Crippen LogP contribution < -0.4 is 0 Å². The fraction of sp³-hybridized carbons (Fsp3) is 0.438. The van der Waals surface area contributed by atoms with Gasteiger partial charge in [-0.3, -0.25) is 14.2 Å². The summed E-state index contributed by atoms with van der Waals surface area (Å²) in [6.07, 6.45) is 1.77. The van der Waals surface area contributed by atoms with Crippen LogP contribution in [0.1, 0.15) is 28.7 Å². The van der Waals surface area contributed by atoms with Crippen molar-refractivity contribution >= 4 is 23.2 Å². The van der Waals surface area contributed by atoms with Gasteiger partial charge in [0.25, 0.3) is 5.91 Å². The molecule has 122 valence electrons. The first kappa shape index (κ1) is 15.7. The van der Waals surface area contributed by atoms with Gasteiger partial charge in [-0.1, -0.05) is 0 Å².